The molecule has 0 aliphatic carbocycles. The molecular weight excluding hydrogens is 218 g/mol. The van der Waals surface area contributed by atoms with Crippen molar-refractivity contribution < 1.29 is 14.3 Å². The fraction of sp³-hybridized carbons (Fsp3) is 0.385. The topological polar surface area (TPSA) is 59.3 Å². The Morgan fingerprint density at radius 1 is 1.47 bits per heavy atom. The smallest absolute Gasteiger partial charge is 0.337 e. The first-order valence-electron chi connectivity index (χ1n) is 5.40. The average Bonchev–Trinajstić information content (AvgIpc) is 2.88. The van der Waals surface area contributed by atoms with Gasteiger partial charge >= 0.3 is 5.97 Å². The number of rotatable bonds is 2. The normalized spacial score (nSPS) is 23.1. The van der Waals surface area contributed by atoms with Crippen LogP contribution >= 0.6 is 0 Å². The van der Waals surface area contributed by atoms with Gasteiger partial charge in [0.05, 0.1) is 25.3 Å². The Bertz CT molecular complexity index is 453. The Balaban J connectivity index is 2.29. The molecule has 0 bridgehead atoms. The van der Waals surface area contributed by atoms with Crippen molar-refractivity contribution in [3.8, 4) is 6.07 Å². The molecule has 1 aliphatic rings. The molecule has 4 nitrogen and oxygen atoms in total. The standard InChI is InChI=1S/C13H13NO3/c1-16-12(15)10-2-4-11(5-3-10)13(8-14)6-7-17-9-13/h2-5H,6-7,9H2,1H3. The highest BCUT2D eigenvalue weighted by Gasteiger charge is 2.36. The molecule has 17 heavy (non-hydrogen) atoms. The van der Waals surface area contributed by atoms with Gasteiger partial charge in [0, 0.05) is 6.61 Å². The maximum atomic E-state index is 11.3. The molecule has 0 radical (unpaired) electrons. The third-order valence-corrected chi connectivity index (χ3v) is 3.09. The molecule has 0 N–H and O–H groups in total. The first kappa shape index (κ1) is 11.6. The minimum Gasteiger partial charge on any atom is -0.465 e. The van der Waals surface area contributed by atoms with E-state index < -0.39 is 5.41 Å². The summed E-state index contributed by atoms with van der Waals surface area (Å²) < 4.78 is 9.91. The number of nitriles is 1. The molecule has 1 fully saturated rings. The van der Waals surface area contributed by atoms with E-state index in [9.17, 15) is 10.1 Å². The second-order valence-electron chi connectivity index (χ2n) is 4.07. The number of methoxy groups -OCH3 is 1. The van der Waals surface area contributed by atoms with E-state index >= 15 is 0 Å². The van der Waals surface area contributed by atoms with Gasteiger partial charge < -0.3 is 9.47 Å². The van der Waals surface area contributed by atoms with E-state index in [0.717, 1.165) is 5.56 Å². The zero-order valence-electron chi connectivity index (χ0n) is 9.60. The van der Waals surface area contributed by atoms with Gasteiger partial charge in [0.25, 0.3) is 0 Å². The predicted octanol–water partition coefficient (Wildman–Crippen LogP) is 1.65. The minimum absolute atomic E-state index is 0.370. The van der Waals surface area contributed by atoms with Gasteiger partial charge in [-0.3, -0.25) is 0 Å². The fourth-order valence-corrected chi connectivity index (χ4v) is 1.99. The predicted molar refractivity (Wildman–Crippen MR) is 60.5 cm³/mol. The van der Waals surface area contributed by atoms with Gasteiger partial charge in [0.15, 0.2) is 0 Å². The van der Waals surface area contributed by atoms with Crippen molar-refractivity contribution in [3.63, 3.8) is 0 Å². The highest BCUT2D eigenvalue weighted by atomic mass is 16.5. The molecule has 0 saturated carbocycles. The van der Waals surface area contributed by atoms with Crippen LogP contribution in [-0.2, 0) is 14.9 Å². The zero-order chi connectivity index (χ0) is 12.3. The molecule has 4 heteroatoms. The number of esters is 1. The maximum absolute atomic E-state index is 11.3. The van der Waals surface area contributed by atoms with Crippen LogP contribution in [0, 0.1) is 11.3 Å². The number of nitrogens with zero attached hydrogens (tertiary/aromatic N) is 1. The Morgan fingerprint density at radius 2 is 2.18 bits per heavy atom. The molecule has 0 amide bonds. The summed E-state index contributed by atoms with van der Waals surface area (Å²) in [6, 6.07) is 9.27. The maximum Gasteiger partial charge on any atom is 0.337 e. The van der Waals surface area contributed by atoms with E-state index in [4.69, 9.17) is 4.74 Å². The van der Waals surface area contributed by atoms with Gasteiger partial charge in [-0.1, -0.05) is 12.1 Å². The van der Waals surface area contributed by atoms with Crippen molar-refractivity contribution in [1.29, 1.82) is 5.26 Å². The van der Waals surface area contributed by atoms with E-state index in [-0.39, 0.29) is 5.97 Å². The molecule has 1 saturated heterocycles. The van der Waals surface area contributed by atoms with E-state index in [1.54, 1.807) is 24.3 Å². The lowest BCUT2D eigenvalue weighted by Gasteiger charge is -2.18. The molecule has 1 aromatic carbocycles. The van der Waals surface area contributed by atoms with Gasteiger partial charge in [-0.15, -0.1) is 0 Å². The van der Waals surface area contributed by atoms with Gasteiger partial charge in [-0.25, -0.2) is 4.79 Å². The van der Waals surface area contributed by atoms with Crippen molar-refractivity contribution >= 4 is 5.97 Å². The second kappa shape index (κ2) is 4.56. The largest absolute Gasteiger partial charge is 0.465 e. The molecular formula is C13H13NO3. The molecule has 1 heterocycles. The van der Waals surface area contributed by atoms with Crippen LogP contribution in [0.15, 0.2) is 24.3 Å². The van der Waals surface area contributed by atoms with Crippen LogP contribution in [0.1, 0.15) is 22.3 Å². The van der Waals surface area contributed by atoms with Crippen LogP contribution in [0.5, 0.6) is 0 Å². The monoisotopic (exact) mass is 231 g/mol. The molecule has 1 aromatic rings. The Kier molecular flexibility index (Phi) is 3.12. The quantitative estimate of drug-likeness (QED) is 0.726. The third-order valence-electron chi connectivity index (χ3n) is 3.09. The van der Waals surface area contributed by atoms with E-state index in [1.165, 1.54) is 7.11 Å². The number of ether oxygens (including phenoxy) is 2. The summed E-state index contributed by atoms with van der Waals surface area (Å²) in [4.78, 5) is 11.3. The number of carbonyl (C=O) groups excluding carboxylic acids is 1. The van der Waals surface area contributed by atoms with Crippen LogP contribution < -0.4 is 0 Å². The minimum atomic E-state index is -0.561. The van der Waals surface area contributed by atoms with Crippen LogP contribution in [0.3, 0.4) is 0 Å². The number of hydrogen-bond donors (Lipinski definition) is 0. The summed E-state index contributed by atoms with van der Waals surface area (Å²) in [7, 11) is 1.35. The van der Waals surface area contributed by atoms with Crippen molar-refractivity contribution in [2.24, 2.45) is 0 Å². The van der Waals surface area contributed by atoms with Crippen LogP contribution in [-0.4, -0.2) is 26.3 Å². The molecule has 1 atom stereocenters. The Hall–Kier alpha value is -1.86. The molecule has 88 valence electrons. The van der Waals surface area contributed by atoms with Crippen molar-refractivity contribution in [2.45, 2.75) is 11.8 Å². The lowest BCUT2D eigenvalue weighted by molar-refractivity contribution is 0.0600. The fourth-order valence-electron chi connectivity index (χ4n) is 1.99. The lowest BCUT2D eigenvalue weighted by Crippen LogP contribution is -2.24. The summed E-state index contributed by atoms with van der Waals surface area (Å²) in [5.41, 5.74) is 0.822. The molecule has 0 spiro atoms. The highest BCUT2D eigenvalue weighted by molar-refractivity contribution is 5.89. The number of carbonyl (C=O) groups is 1. The third kappa shape index (κ3) is 2.02. The average molecular weight is 231 g/mol. The van der Waals surface area contributed by atoms with E-state index in [2.05, 4.69) is 10.8 Å². The van der Waals surface area contributed by atoms with Gasteiger partial charge in [-0.05, 0) is 24.1 Å². The number of hydrogen-bond acceptors (Lipinski definition) is 4. The van der Waals surface area contributed by atoms with E-state index in [0.29, 0.717) is 25.2 Å². The molecule has 1 aliphatic heterocycles. The van der Waals surface area contributed by atoms with Gasteiger partial charge in [0.2, 0.25) is 0 Å². The Morgan fingerprint density at radius 3 is 2.65 bits per heavy atom. The summed E-state index contributed by atoms with van der Waals surface area (Å²) in [5.74, 6) is -0.370. The Labute approximate surface area is 99.8 Å². The summed E-state index contributed by atoms with van der Waals surface area (Å²) >= 11 is 0. The van der Waals surface area contributed by atoms with Gasteiger partial charge in [-0.2, -0.15) is 5.26 Å². The van der Waals surface area contributed by atoms with Crippen LogP contribution in [0.25, 0.3) is 0 Å². The second-order valence-corrected chi connectivity index (χ2v) is 4.07. The van der Waals surface area contributed by atoms with E-state index in [1.807, 2.05) is 0 Å². The van der Waals surface area contributed by atoms with Crippen molar-refractivity contribution in [1.82, 2.24) is 0 Å². The molecule has 1 unspecified atom stereocenters. The first-order chi connectivity index (χ1) is 8.22. The van der Waals surface area contributed by atoms with Crippen molar-refractivity contribution in [2.75, 3.05) is 20.3 Å². The lowest BCUT2D eigenvalue weighted by atomic mass is 9.81. The van der Waals surface area contributed by atoms with Crippen LogP contribution in [0.2, 0.25) is 0 Å². The summed E-state index contributed by atoms with van der Waals surface area (Å²) in [5, 5.41) is 9.27. The SMILES string of the molecule is COC(=O)c1ccc(C2(C#N)CCOC2)cc1. The summed E-state index contributed by atoms with van der Waals surface area (Å²) in [6.45, 7) is 1.02. The zero-order valence-corrected chi connectivity index (χ0v) is 9.60. The molecule has 0 aromatic heterocycles. The summed E-state index contributed by atoms with van der Waals surface area (Å²) in [6.07, 6.45) is 0.696. The molecule has 2 rings (SSSR count). The highest BCUT2D eigenvalue weighted by Crippen LogP contribution is 2.32. The first-order valence-corrected chi connectivity index (χ1v) is 5.40. The van der Waals surface area contributed by atoms with Crippen LogP contribution in [0.4, 0.5) is 0 Å². The number of benzene rings is 1. The van der Waals surface area contributed by atoms with Crippen molar-refractivity contribution in [3.05, 3.63) is 35.4 Å². The van der Waals surface area contributed by atoms with Gasteiger partial charge in [0.1, 0.15) is 5.41 Å².